The van der Waals surface area contributed by atoms with Crippen LogP contribution in [0.2, 0.25) is 0 Å². The maximum atomic E-state index is 12.0. The third-order valence-electron chi connectivity index (χ3n) is 2.48. The Morgan fingerprint density at radius 2 is 2.00 bits per heavy atom. The fraction of sp³-hybridized carbons (Fsp3) is 0. The topological polar surface area (TPSA) is 68.0 Å². The van der Waals surface area contributed by atoms with Crippen molar-refractivity contribution in [2.45, 2.75) is 0 Å². The average molecular weight is 397 g/mol. The molecule has 0 radical (unpaired) electrons. The zero-order valence-electron chi connectivity index (χ0n) is 10.0. The lowest BCUT2D eigenvalue weighted by molar-refractivity contribution is 0.102. The number of nitrogens with one attached hydrogen (secondary N) is 1. The molecule has 7 heteroatoms. The Hall–Kier alpha value is -1.74. The second-order valence-corrected chi connectivity index (χ2v) is 5.66. The van der Waals surface area contributed by atoms with E-state index in [1.807, 2.05) is 24.3 Å². The van der Waals surface area contributed by atoms with E-state index in [1.165, 1.54) is 0 Å². The highest BCUT2D eigenvalue weighted by atomic mass is 127. The maximum absolute atomic E-state index is 12.0. The molecule has 0 bridgehead atoms. The Morgan fingerprint density at radius 3 is 2.70 bits per heavy atom. The van der Waals surface area contributed by atoms with Crippen LogP contribution in [-0.2, 0) is 0 Å². The number of amides is 1. The summed E-state index contributed by atoms with van der Waals surface area (Å²) < 4.78 is 10.4. The molecule has 0 aliphatic carbocycles. The molecule has 2 aromatic heterocycles. The van der Waals surface area contributed by atoms with Crippen LogP contribution < -0.4 is 5.32 Å². The number of anilines is 1. The van der Waals surface area contributed by atoms with E-state index in [9.17, 15) is 4.79 Å². The number of hydrogen-bond donors (Lipinski definition) is 1. The van der Waals surface area contributed by atoms with E-state index in [2.05, 4.69) is 37.3 Å². The zero-order chi connectivity index (χ0) is 13.9. The van der Waals surface area contributed by atoms with Gasteiger partial charge in [0.15, 0.2) is 9.53 Å². The van der Waals surface area contributed by atoms with Crippen molar-refractivity contribution in [2.24, 2.45) is 0 Å². The highest BCUT2D eigenvalue weighted by molar-refractivity contribution is 14.1. The molecule has 0 saturated heterocycles. The summed E-state index contributed by atoms with van der Waals surface area (Å²) in [7, 11) is 0. The second kappa shape index (κ2) is 5.71. The van der Waals surface area contributed by atoms with Gasteiger partial charge in [0.1, 0.15) is 0 Å². The van der Waals surface area contributed by atoms with E-state index in [-0.39, 0.29) is 5.91 Å². The first-order chi connectivity index (χ1) is 9.72. The molecule has 1 N–H and O–H groups in total. The minimum atomic E-state index is -0.206. The van der Waals surface area contributed by atoms with Crippen LogP contribution in [0.15, 0.2) is 46.9 Å². The molecular formula is C13H8IN3O2S. The van der Waals surface area contributed by atoms with E-state index in [0.717, 1.165) is 15.3 Å². The molecule has 3 aromatic rings. The van der Waals surface area contributed by atoms with Crippen molar-refractivity contribution in [3.05, 3.63) is 51.8 Å². The SMILES string of the molecule is O=C(Nc1nc(-c2ccc(I)o2)ns1)c1ccccc1. The molecule has 2 heterocycles. The predicted molar refractivity (Wildman–Crippen MR) is 84.7 cm³/mol. The first-order valence-electron chi connectivity index (χ1n) is 5.68. The monoisotopic (exact) mass is 397 g/mol. The van der Waals surface area contributed by atoms with Gasteiger partial charge in [-0.3, -0.25) is 10.1 Å². The van der Waals surface area contributed by atoms with Crippen LogP contribution in [0.1, 0.15) is 10.4 Å². The van der Waals surface area contributed by atoms with Crippen molar-refractivity contribution < 1.29 is 9.21 Å². The number of rotatable bonds is 3. The smallest absolute Gasteiger partial charge is 0.257 e. The molecule has 0 fully saturated rings. The van der Waals surface area contributed by atoms with Gasteiger partial charge in [-0.2, -0.15) is 9.36 Å². The van der Waals surface area contributed by atoms with Crippen molar-refractivity contribution in [3.63, 3.8) is 0 Å². The summed E-state index contributed by atoms with van der Waals surface area (Å²) in [5.41, 5.74) is 0.580. The molecule has 0 atom stereocenters. The van der Waals surface area contributed by atoms with Gasteiger partial charge in [0.05, 0.1) is 0 Å². The molecule has 20 heavy (non-hydrogen) atoms. The fourth-order valence-corrected chi connectivity index (χ4v) is 2.55. The molecule has 5 nitrogen and oxygen atoms in total. The number of aromatic nitrogens is 2. The third-order valence-corrected chi connectivity index (χ3v) is 3.69. The van der Waals surface area contributed by atoms with Gasteiger partial charge < -0.3 is 4.42 Å². The second-order valence-electron chi connectivity index (χ2n) is 3.85. The van der Waals surface area contributed by atoms with Crippen LogP contribution in [0.3, 0.4) is 0 Å². The molecule has 0 saturated carbocycles. The largest absolute Gasteiger partial charge is 0.447 e. The zero-order valence-corrected chi connectivity index (χ0v) is 13.0. The Morgan fingerprint density at radius 1 is 1.20 bits per heavy atom. The predicted octanol–water partition coefficient (Wildman–Crippen LogP) is 3.66. The van der Waals surface area contributed by atoms with Gasteiger partial charge in [-0.05, 0) is 46.9 Å². The van der Waals surface area contributed by atoms with Crippen LogP contribution in [-0.4, -0.2) is 15.3 Å². The van der Waals surface area contributed by atoms with Crippen molar-refractivity contribution in [1.29, 1.82) is 0 Å². The van der Waals surface area contributed by atoms with Gasteiger partial charge in [-0.25, -0.2) is 0 Å². The highest BCUT2D eigenvalue weighted by Crippen LogP contribution is 2.24. The van der Waals surface area contributed by atoms with Crippen LogP contribution in [0, 0.1) is 3.77 Å². The number of carbonyl (C=O) groups is 1. The Bertz CT molecular complexity index is 739. The van der Waals surface area contributed by atoms with Crippen molar-refractivity contribution in [3.8, 4) is 11.6 Å². The number of carbonyl (C=O) groups excluding carboxylic acids is 1. The first kappa shape index (κ1) is 13.3. The number of halogens is 1. The standard InChI is InChI=1S/C13H8IN3O2S/c14-10-7-6-9(19-10)11-15-13(20-17-11)16-12(18)8-4-2-1-3-5-8/h1-7H,(H,15,16,17,18). The molecule has 1 aromatic carbocycles. The summed E-state index contributed by atoms with van der Waals surface area (Å²) in [5.74, 6) is 0.856. The van der Waals surface area contributed by atoms with Gasteiger partial charge in [-0.1, -0.05) is 18.2 Å². The number of nitrogens with zero attached hydrogens (tertiary/aromatic N) is 2. The molecule has 0 aliphatic heterocycles. The van der Waals surface area contributed by atoms with Gasteiger partial charge >= 0.3 is 0 Å². The molecular weight excluding hydrogens is 389 g/mol. The summed E-state index contributed by atoms with van der Waals surface area (Å²) in [6.07, 6.45) is 0. The summed E-state index contributed by atoms with van der Waals surface area (Å²) in [6.45, 7) is 0. The highest BCUT2D eigenvalue weighted by Gasteiger charge is 2.13. The van der Waals surface area contributed by atoms with Crippen LogP contribution in [0.4, 0.5) is 5.13 Å². The van der Waals surface area contributed by atoms with Crippen molar-refractivity contribution >= 4 is 45.2 Å². The summed E-state index contributed by atoms with van der Waals surface area (Å²) in [5, 5.41) is 3.16. The first-order valence-corrected chi connectivity index (χ1v) is 7.53. The van der Waals surface area contributed by atoms with Gasteiger partial charge in [0.2, 0.25) is 11.0 Å². The summed E-state index contributed by atoms with van der Waals surface area (Å²) in [4.78, 5) is 16.2. The van der Waals surface area contributed by atoms with Gasteiger partial charge in [0, 0.05) is 17.1 Å². The Kier molecular flexibility index (Phi) is 3.79. The van der Waals surface area contributed by atoms with Crippen LogP contribution in [0.25, 0.3) is 11.6 Å². The van der Waals surface area contributed by atoms with Gasteiger partial charge in [-0.15, -0.1) is 0 Å². The third kappa shape index (κ3) is 2.88. The molecule has 0 unspecified atom stereocenters. The minimum absolute atomic E-state index is 0.206. The van der Waals surface area contributed by atoms with E-state index in [4.69, 9.17) is 4.42 Å². The summed E-state index contributed by atoms with van der Waals surface area (Å²) in [6, 6.07) is 12.6. The summed E-state index contributed by atoms with van der Waals surface area (Å²) >= 11 is 3.19. The van der Waals surface area contributed by atoms with E-state index < -0.39 is 0 Å². The lowest BCUT2D eigenvalue weighted by atomic mass is 10.2. The Labute approximate surface area is 132 Å². The van der Waals surface area contributed by atoms with E-state index in [1.54, 1.807) is 18.2 Å². The van der Waals surface area contributed by atoms with Crippen molar-refractivity contribution in [1.82, 2.24) is 9.36 Å². The number of benzene rings is 1. The number of furan rings is 1. The fourth-order valence-electron chi connectivity index (χ4n) is 1.57. The minimum Gasteiger partial charge on any atom is -0.447 e. The quantitative estimate of drug-likeness (QED) is 0.686. The number of hydrogen-bond acceptors (Lipinski definition) is 5. The molecule has 100 valence electrons. The van der Waals surface area contributed by atoms with Gasteiger partial charge in [0.25, 0.3) is 5.91 Å². The normalized spacial score (nSPS) is 10.4. The van der Waals surface area contributed by atoms with Crippen LogP contribution in [0.5, 0.6) is 0 Å². The van der Waals surface area contributed by atoms with E-state index >= 15 is 0 Å². The molecule has 0 aliphatic rings. The molecule has 0 spiro atoms. The molecule has 3 rings (SSSR count). The van der Waals surface area contributed by atoms with Crippen LogP contribution >= 0.6 is 34.1 Å². The lowest BCUT2D eigenvalue weighted by Gasteiger charge is -1.99. The van der Waals surface area contributed by atoms with Crippen molar-refractivity contribution in [2.75, 3.05) is 5.32 Å². The lowest BCUT2D eigenvalue weighted by Crippen LogP contribution is -2.11. The average Bonchev–Trinajstić information content (AvgIpc) is 3.09. The Balaban J connectivity index is 1.76. The maximum Gasteiger partial charge on any atom is 0.257 e. The molecule has 1 amide bonds. The van der Waals surface area contributed by atoms with E-state index in [0.29, 0.717) is 22.3 Å².